The van der Waals surface area contributed by atoms with Crippen molar-refractivity contribution in [3.05, 3.63) is 100 Å². The number of hydrogen-bond donors (Lipinski definition) is 1. The summed E-state index contributed by atoms with van der Waals surface area (Å²) < 4.78 is 28.3. The van der Waals surface area contributed by atoms with Crippen molar-refractivity contribution in [1.82, 2.24) is 14.8 Å². The van der Waals surface area contributed by atoms with Crippen molar-refractivity contribution in [3.8, 4) is 0 Å². The third-order valence-electron chi connectivity index (χ3n) is 8.41. The summed E-state index contributed by atoms with van der Waals surface area (Å²) in [5, 5.41) is 11.7. The Hall–Kier alpha value is -3.98. The van der Waals surface area contributed by atoms with Crippen molar-refractivity contribution in [1.29, 1.82) is 0 Å². The fourth-order valence-corrected chi connectivity index (χ4v) is 6.34. The predicted octanol–water partition coefficient (Wildman–Crippen LogP) is 6.28. The number of rotatable bonds is 13. The molecule has 7 nitrogen and oxygen atoms in total. The van der Waals surface area contributed by atoms with Crippen LogP contribution in [-0.2, 0) is 6.42 Å². The van der Waals surface area contributed by atoms with Gasteiger partial charge in [-0.25, -0.2) is 8.78 Å². The zero-order chi connectivity index (χ0) is 32.5. The molecular formula is C36H43F2N3O4. The molecule has 2 heterocycles. The van der Waals surface area contributed by atoms with E-state index in [0.717, 1.165) is 24.5 Å². The lowest BCUT2D eigenvalue weighted by Crippen LogP contribution is -2.46. The second kappa shape index (κ2) is 15.8. The summed E-state index contributed by atoms with van der Waals surface area (Å²) in [6.07, 6.45) is 4.96. The maximum absolute atomic E-state index is 14.1. The number of nitrogens with zero attached hydrogens (tertiary/aromatic N) is 3. The van der Waals surface area contributed by atoms with E-state index in [-0.39, 0.29) is 42.9 Å². The number of aliphatic hydroxyl groups is 1. The molecule has 0 aliphatic carbocycles. The van der Waals surface area contributed by atoms with Crippen LogP contribution in [0.3, 0.4) is 0 Å². The number of hydrogen-bond acceptors (Lipinski definition) is 5. The van der Waals surface area contributed by atoms with Gasteiger partial charge in [-0.05, 0) is 98.5 Å². The quantitative estimate of drug-likeness (QED) is 0.228. The molecule has 3 aromatic rings. The van der Waals surface area contributed by atoms with E-state index in [4.69, 9.17) is 0 Å². The summed E-state index contributed by atoms with van der Waals surface area (Å²) in [4.78, 5) is 47.8. The van der Waals surface area contributed by atoms with Gasteiger partial charge in [0, 0.05) is 68.1 Å². The van der Waals surface area contributed by atoms with Gasteiger partial charge in [0.15, 0.2) is 5.78 Å². The van der Waals surface area contributed by atoms with Crippen LogP contribution in [0.1, 0.15) is 88.2 Å². The van der Waals surface area contributed by atoms with E-state index >= 15 is 0 Å². The van der Waals surface area contributed by atoms with Gasteiger partial charge in [0.2, 0.25) is 0 Å². The molecule has 1 aliphatic heterocycles. The molecule has 0 radical (unpaired) electrons. The fraction of sp³-hybridized carbons (Fsp3) is 0.444. The molecule has 0 spiro atoms. The van der Waals surface area contributed by atoms with E-state index in [1.54, 1.807) is 46.3 Å². The molecule has 2 aromatic carbocycles. The smallest absolute Gasteiger partial charge is 0.255 e. The van der Waals surface area contributed by atoms with Gasteiger partial charge in [0.1, 0.15) is 11.6 Å². The lowest BCUT2D eigenvalue weighted by molar-refractivity contribution is 0.0100. The molecule has 0 bridgehead atoms. The Morgan fingerprint density at radius 1 is 1.00 bits per heavy atom. The molecule has 45 heavy (non-hydrogen) atoms. The van der Waals surface area contributed by atoms with Crippen molar-refractivity contribution < 1.29 is 28.3 Å². The average molecular weight is 620 g/mol. The van der Waals surface area contributed by atoms with Crippen LogP contribution in [0.2, 0.25) is 0 Å². The number of amides is 2. The van der Waals surface area contributed by atoms with E-state index in [9.17, 15) is 28.3 Å². The Kier molecular flexibility index (Phi) is 11.9. The molecule has 9 heteroatoms. The standard InChI is InChI=1S/C36H43F2N3O4/c1-4-11-40(12-5-2)36(45)30-15-24(3)14-28(19-30)33(42)20-29(16-25-17-31(37)21-32(38)18-25)34(43)27-9-7-13-41(23-27)35(44)26-8-6-10-39-22-26/h6,8,10,14-15,17-19,21-22,27,29,34,43H,4-5,7,9,11-13,16,20,23H2,1-3H3/t27-,29-,34-/m1/s1. The van der Waals surface area contributed by atoms with E-state index in [0.29, 0.717) is 54.7 Å². The van der Waals surface area contributed by atoms with Crippen LogP contribution in [0, 0.1) is 30.4 Å². The number of halogens is 2. The predicted molar refractivity (Wildman–Crippen MR) is 169 cm³/mol. The van der Waals surface area contributed by atoms with Gasteiger partial charge in [-0.1, -0.05) is 13.8 Å². The molecule has 0 saturated carbocycles. The van der Waals surface area contributed by atoms with Gasteiger partial charge in [0.25, 0.3) is 11.8 Å². The molecule has 240 valence electrons. The van der Waals surface area contributed by atoms with Gasteiger partial charge >= 0.3 is 0 Å². The first-order valence-electron chi connectivity index (χ1n) is 15.9. The third kappa shape index (κ3) is 9.03. The molecule has 1 aromatic heterocycles. The maximum atomic E-state index is 14.1. The van der Waals surface area contributed by atoms with Crippen LogP contribution < -0.4 is 0 Å². The van der Waals surface area contributed by atoms with Crippen molar-refractivity contribution in [2.75, 3.05) is 26.2 Å². The first kappa shape index (κ1) is 33.9. The Morgan fingerprint density at radius 3 is 2.33 bits per heavy atom. The van der Waals surface area contributed by atoms with Crippen LogP contribution in [0.5, 0.6) is 0 Å². The lowest BCUT2D eigenvalue weighted by atomic mass is 9.79. The largest absolute Gasteiger partial charge is 0.392 e. The number of aliphatic hydroxyl groups excluding tert-OH is 1. The van der Waals surface area contributed by atoms with Crippen LogP contribution in [0.4, 0.5) is 8.78 Å². The SMILES string of the molecule is CCCN(CCC)C(=O)c1cc(C)cc(C(=O)C[C@@H](Cc2cc(F)cc(F)c2)[C@H](O)[C@@H]2CCCN(C(=O)c3cccnc3)C2)c1. The van der Waals surface area contributed by atoms with Crippen LogP contribution in [0.25, 0.3) is 0 Å². The molecule has 3 atom stereocenters. The maximum Gasteiger partial charge on any atom is 0.255 e. The van der Waals surface area contributed by atoms with Gasteiger partial charge in [0.05, 0.1) is 11.7 Å². The summed E-state index contributed by atoms with van der Waals surface area (Å²) in [5.74, 6) is -3.09. The van der Waals surface area contributed by atoms with E-state index < -0.39 is 23.7 Å². The zero-order valence-corrected chi connectivity index (χ0v) is 26.3. The highest BCUT2D eigenvalue weighted by molar-refractivity contribution is 6.01. The van der Waals surface area contributed by atoms with Crippen molar-refractivity contribution in [3.63, 3.8) is 0 Å². The highest BCUT2D eigenvalue weighted by Crippen LogP contribution is 2.30. The average Bonchev–Trinajstić information content (AvgIpc) is 3.03. The summed E-state index contributed by atoms with van der Waals surface area (Å²) in [7, 11) is 0. The molecule has 1 saturated heterocycles. The van der Waals surface area contributed by atoms with Gasteiger partial charge in [-0.15, -0.1) is 0 Å². The first-order valence-corrected chi connectivity index (χ1v) is 15.9. The van der Waals surface area contributed by atoms with E-state index in [2.05, 4.69) is 4.98 Å². The second-order valence-corrected chi connectivity index (χ2v) is 12.1. The van der Waals surface area contributed by atoms with Crippen LogP contribution in [-0.4, -0.2) is 69.8 Å². The number of aromatic nitrogens is 1. The van der Waals surface area contributed by atoms with Crippen LogP contribution in [0.15, 0.2) is 60.9 Å². The molecule has 1 N–H and O–H groups in total. The number of Topliss-reactive ketones (excluding diaryl/α,β-unsaturated/α-hetero) is 1. The number of carbonyl (C=O) groups is 3. The summed E-state index contributed by atoms with van der Waals surface area (Å²) in [6, 6.07) is 11.7. The summed E-state index contributed by atoms with van der Waals surface area (Å²) in [5.41, 5.74) is 2.33. The van der Waals surface area contributed by atoms with Gasteiger partial charge < -0.3 is 14.9 Å². The normalized spacial score (nSPS) is 16.2. The first-order chi connectivity index (χ1) is 21.6. The Balaban J connectivity index is 1.59. The number of carbonyl (C=O) groups excluding carboxylic acids is 3. The summed E-state index contributed by atoms with van der Waals surface area (Å²) in [6.45, 7) is 7.89. The Labute approximate surface area is 264 Å². The molecule has 1 aliphatic rings. The number of aryl methyl sites for hydroxylation is 1. The summed E-state index contributed by atoms with van der Waals surface area (Å²) >= 11 is 0. The number of likely N-dealkylation sites (tertiary alicyclic amines) is 1. The molecule has 4 rings (SSSR count). The number of benzene rings is 2. The molecule has 1 fully saturated rings. The van der Waals surface area contributed by atoms with Crippen molar-refractivity contribution in [2.24, 2.45) is 11.8 Å². The molecule has 0 unspecified atom stereocenters. The highest BCUT2D eigenvalue weighted by Gasteiger charge is 2.35. The minimum atomic E-state index is -1.03. The van der Waals surface area contributed by atoms with Gasteiger partial charge in [-0.2, -0.15) is 0 Å². The molecular weight excluding hydrogens is 576 g/mol. The highest BCUT2D eigenvalue weighted by atomic mass is 19.1. The van der Waals surface area contributed by atoms with Crippen molar-refractivity contribution in [2.45, 2.75) is 65.4 Å². The number of ketones is 1. The number of pyridine rings is 1. The minimum Gasteiger partial charge on any atom is -0.392 e. The Bertz CT molecular complexity index is 1460. The lowest BCUT2D eigenvalue weighted by Gasteiger charge is -2.38. The van der Waals surface area contributed by atoms with Crippen LogP contribution >= 0.6 is 0 Å². The topological polar surface area (TPSA) is 90.8 Å². The second-order valence-electron chi connectivity index (χ2n) is 12.1. The van der Waals surface area contributed by atoms with Gasteiger partial charge in [-0.3, -0.25) is 19.4 Å². The monoisotopic (exact) mass is 619 g/mol. The molecule has 2 amide bonds. The number of piperidine rings is 1. The van der Waals surface area contributed by atoms with E-state index in [1.807, 2.05) is 20.8 Å². The van der Waals surface area contributed by atoms with E-state index in [1.165, 1.54) is 18.3 Å². The minimum absolute atomic E-state index is 0.0625. The van der Waals surface area contributed by atoms with Crippen molar-refractivity contribution >= 4 is 17.6 Å². The third-order valence-corrected chi connectivity index (χ3v) is 8.41. The zero-order valence-electron chi connectivity index (χ0n) is 26.3. The Morgan fingerprint density at radius 2 is 1.69 bits per heavy atom. The fourth-order valence-electron chi connectivity index (χ4n) is 6.34.